The predicted molar refractivity (Wildman–Crippen MR) is 136 cm³/mol. The number of hydrogen-bond donors (Lipinski definition) is 1. The Balaban J connectivity index is 1.45. The third-order valence-electron chi connectivity index (χ3n) is 5.87. The van der Waals surface area contributed by atoms with E-state index in [-0.39, 0.29) is 12.1 Å². The van der Waals surface area contributed by atoms with Crippen molar-refractivity contribution in [3.05, 3.63) is 55.0 Å². The molecule has 0 aliphatic carbocycles. The van der Waals surface area contributed by atoms with Gasteiger partial charge in [0.05, 0.1) is 23.3 Å². The summed E-state index contributed by atoms with van der Waals surface area (Å²) in [7, 11) is 0. The van der Waals surface area contributed by atoms with Crippen LogP contribution in [0, 0.1) is 0 Å². The smallest absolute Gasteiger partial charge is 0.410 e. The van der Waals surface area contributed by atoms with Gasteiger partial charge in [-0.2, -0.15) is 5.10 Å². The molecule has 2 N–H and O–H groups in total. The Labute approximate surface area is 209 Å². The number of hydrogen-bond acceptors (Lipinski definition) is 8. The molecule has 0 bridgehead atoms. The number of nitrogens with two attached hydrogens (primary N) is 1. The Kier molecular flexibility index (Phi) is 6.17. The minimum Gasteiger partial charge on any atom is -0.456 e. The Hall–Kier alpha value is -4.21. The van der Waals surface area contributed by atoms with Crippen molar-refractivity contribution in [2.45, 2.75) is 45.3 Å². The van der Waals surface area contributed by atoms with Crippen molar-refractivity contribution in [3.8, 4) is 22.9 Å². The standard InChI is InChI=1S/C26H29N7O3/c1-26(2,3)36-25(34)32-13-7-8-17(15-32)33-24-21(23(27)29-16-30-24)22(31-33)20-12-11-19(14-28-20)35-18-9-5-4-6-10-18/h4-6,9-12,14,16-17H,7-8,13,15H2,1-3H3,(H2,27,29,30)/t17-/m1/s1. The van der Waals surface area contributed by atoms with Gasteiger partial charge in [-0.3, -0.25) is 4.98 Å². The lowest BCUT2D eigenvalue weighted by molar-refractivity contribution is 0.0169. The quantitative estimate of drug-likeness (QED) is 0.434. The van der Waals surface area contributed by atoms with Gasteiger partial charge in [-0.15, -0.1) is 0 Å². The number of para-hydroxylation sites is 1. The number of benzene rings is 1. The monoisotopic (exact) mass is 487 g/mol. The minimum atomic E-state index is -0.556. The van der Waals surface area contributed by atoms with E-state index in [0.717, 1.165) is 18.6 Å². The average molecular weight is 488 g/mol. The van der Waals surface area contributed by atoms with Crippen LogP contribution >= 0.6 is 0 Å². The summed E-state index contributed by atoms with van der Waals surface area (Å²) >= 11 is 0. The zero-order valence-electron chi connectivity index (χ0n) is 20.6. The lowest BCUT2D eigenvalue weighted by Gasteiger charge is -2.34. The second-order valence-corrected chi connectivity index (χ2v) is 9.77. The molecule has 0 unspecified atom stereocenters. The third-order valence-corrected chi connectivity index (χ3v) is 5.87. The number of rotatable bonds is 4. The largest absolute Gasteiger partial charge is 0.456 e. The SMILES string of the molecule is CC(C)(C)OC(=O)N1CCC[C@@H](n2nc(-c3ccc(Oc4ccccc4)cn3)c3c(N)ncnc32)C1. The first kappa shape index (κ1) is 23.5. The fraction of sp³-hybridized carbons (Fsp3) is 0.346. The second-order valence-electron chi connectivity index (χ2n) is 9.77. The molecule has 3 aromatic heterocycles. The first-order chi connectivity index (χ1) is 17.3. The summed E-state index contributed by atoms with van der Waals surface area (Å²) in [5.74, 6) is 1.66. The van der Waals surface area contributed by atoms with Crippen molar-refractivity contribution in [3.63, 3.8) is 0 Å². The molecule has 0 saturated carbocycles. The molecular formula is C26H29N7O3. The number of carbonyl (C=O) groups is 1. The van der Waals surface area contributed by atoms with E-state index < -0.39 is 5.60 Å². The van der Waals surface area contributed by atoms with Crippen LogP contribution < -0.4 is 10.5 Å². The van der Waals surface area contributed by atoms with Gasteiger partial charge in [-0.05, 0) is 57.9 Å². The maximum atomic E-state index is 12.7. The summed E-state index contributed by atoms with van der Waals surface area (Å²) in [4.78, 5) is 27.7. The molecular weight excluding hydrogens is 458 g/mol. The first-order valence-corrected chi connectivity index (χ1v) is 11.9. The van der Waals surface area contributed by atoms with Crippen molar-refractivity contribution < 1.29 is 14.3 Å². The molecule has 5 rings (SSSR count). The van der Waals surface area contributed by atoms with Gasteiger partial charge in [0.2, 0.25) is 0 Å². The number of pyridine rings is 1. The number of fused-ring (bicyclic) bond motifs is 1. The van der Waals surface area contributed by atoms with Crippen LogP contribution in [0.5, 0.6) is 11.5 Å². The molecule has 36 heavy (non-hydrogen) atoms. The summed E-state index contributed by atoms with van der Waals surface area (Å²) in [5, 5.41) is 5.51. The highest BCUT2D eigenvalue weighted by Crippen LogP contribution is 2.34. The second kappa shape index (κ2) is 9.44. The van der Waals surface area contributed by atoms with Gasteiger partial charge in [0, 0.05) is 13.1 Å². The lowest BCUT2D eigenvalue weighted by Crippen LogP contribution is -2.43. The highest BCUT2D eigenvalue weighted by atomic mass is 16.6. The van der Waals surface area contributed by atoms with Crippen molar-refractivity contribution >= 4 is 22.9 Å². The number of ether oxygens (including phenoxy) is 2. The van der Waals surface area contributed by atoms with Gasteiger partial charge in [0.25, 0.3) is 0 Å². The van der Waals surface area contributed by atoms with Crippen LogP contribution in [0.15, 0.2) is 55.0 Å². The molecule has 0 spiro atoms. The number of carbonyl (C=O) groups excluding carboxylic acids is 1. The molecule has 0 radical (unpaired) electrons. The van der Waals surface area contributed by atoms with E-state index in [1.54, 1.807) is 11.1 Å². The van der Waals surface area contributed by atoms with Crippen molar-refractivity contribution in [1.82, 2.24) is 29.6 Å². The highest BCUT2D eigenvalue weighted by Gasteiger charge is 2.31. The van der Waals surface area contributed by atoms with Crippen LogP contribution in [0.3, 0.4) is 0 Å². The van der Waals surface area contributed by atoms with Gasteiger partial charge in [0.15, 0.2) is 5.65 Å². The molecule has 1 aliphatic rings. The molecule has 1 saturated heterocycles. The molecule has 4 heterocycles. The summed E-state index contributed by atoms with van der Waals surface area (Å²) in [6, 6.07) is 13.1. The van der Waals surface area contributed by atoms with Gasteiger partial charge in [-0.25, -0.2) is 19.4 Å². The molecule has 10 heteroatoms. The van der Waals surface area contributed by atoms with Gasteiger partial charge in [-0.1, -0.05) is 18.2 Å². The number of likely N-dealkylation sites (tertiary alicyclic amines) is 1. The van der Waals surface area contributed by atoms with E-state index in [0.29, 0.717) is 47.1 Å². The Morgan fingerprint density at radius 3 is 2.58 bits per heavy atom. The van der Waals surface area contributed by atoms with Gasteiger partial charge < -0.3 is 20.1 Å². The average Bonchev–Trinajstić information content (AvgIpc) is 3.25. The fourth-order valence-electron chi connectivity index (χ4n) is 4.28. The summed E-state index contributed by atoms with van der Waals surface area (Å²) in [6.07, 6.45) is 4.42. The van der Waals surface area contributed by atoms with Crippen molar-refractivity contribution in [2.75, 3.05) is 18.8 Å². The van der Waals surface area contributed by atoms with Crippen LogP contribution in [-0.2, 0) is 4.74 Å². The number of amides is 1. The zero-order chi connectivity index (χ0) is 25.3. The molecule has 1 aromatic carbocycles. The van der Waals surface area contributed by atoms with E-state index in [4.69, 9.17) is 20.3 Å². The van der Waals surface area contributed by atoms with E-state index in [9.17, 15) is 4.79 Å². The van der Waals surface area contributed by atoms with Crippen LogP contribution in [0.2, 0.25) is 0 Å². The molecule has 1 fully saturated rings. The van der Waals surface area contributed by atoms with Crippen LogP contribution in [0.1, 0.15) is 39.7 Å². The number of aromatic nitrogens is 5. The molecule has 186 valence electrons. The number of nitrogens with zero attached hydrogens (tertiary/aromatic N) is 6. The maximum Gasteiger partial charge on any atom is 0.410 e. The first-order valence-electron chi connectivity index (χ1n) is 11.9. The summed E-state index contributed by atoms with van der Waals surface area (Å²) in [5.41, 5.74) is 7.54. The summed E-state index contributed by atoms with van der Waals surface area (Å²) in [6.45, 7) is 6.69. The lowest BCUT2D eigenvalue weighted by atomic mass is 10.1. The van der Waals surface area contributed by atoms with Crippen LogP contribution in [0.4, 0.5) is 10.6 Å². The Bertz CT molecular complexity index is 1360. The predicted octanol–water partition coefficient (Wildman–Crippen LogP) is 4.83. The molecule has 4 aromatic rings. The van der Waals surface area contributed by atoms with E-state index in [1.165, 1.54) is 6.33 Å². The van der Waals surface area contributed by atoms with Crippen LogP contribution in [0.25, 0.3) is 22.4 Å². The topological polar surface area (TPSA) is 121 Å². The van der Waals surface area contributed by atoms with Crippen molar-refractivity contribution in [2.24, 2.45) is 0 Å². The van der Waals surface area contributed by atoms with E-state index in [1.807, 2.05) is 67.9 Å². The molecule has 1 aliphatic heterocycles. The van der Waals surface area contributed by atoms with Crippen molar-refractivity contribution in [1.29, 1.82) is 0 Å². The normalized spacial score (nSPS) is 16.2. The molecule has 1 atom stereocenters. The fourth-order valence-corrected chi connectivity index (χ4v) is 4.28. The zero-order valence-corrected chi connectivity index (χ0v) is 20.6. The highest BCUT2D eigenvalue weighted by molar-refractivity contribution is 5.97. The Morgan fingerprint density at radius 2 is 1.86 bits per heavy atom. The number of anilines is 1. The molecule has 10 nitrogen and oxygen atoms in total. The third kappa shape index (κ3) is 4.93. The minimum absolute atomic E-state index is 0.0856. The molecule has 1 amide bonds. The van der Waals surface area contributed by atoms with Gasteiger partial charge >= 0.3 is 6.09 Å². The van der Waals surface area contributed by atoms with Gasteiger partial charge in [0.1, 0.15) is 34.9 Å². The van der Waals surface area contributed by atoms with E-state index in [2.05, 4.69) is 15.0 Å². The van der Waals surface area contributed by atoms with E-state index >= 15 is 0 Å². The summed E-state index contributed by atoms with van der Waals surface area (Å²) < 4.78 is 13.3. The number of piperidine rings is 1. The van der Waals surface area contributed by atoms with Crippen LogP contribution in [-0.4, -0.2) is 54.4 Å². The number of nitrogen functional groups attached to an aromatic ring is 1. The maximum absolute atomic E-state index is 12.7. The Morgan fingerprint density at radius 1 is 1.06 bits per heavy atom.